The second-order valence-corrected chi connectivity index (χ2v) is 13.3. The summed E-state index contributed by atoms with van der Waals surface area (Å²) in [4.78, 5) is 36.9. The molecular formula is C26H23Cl2F3N4O6S2. The Hall–Kier alpha value is -3.14. The third kappa shape index (κ3) is 7.16. The summed E-state index contributed by atoms with van der Waals surface area (Å²) in [6.45, 7) is 0.112. The van der Waals surface area contributed by atoms with Crippen molar-refractivity contribution in [3.63, 3.8) is 0 Å². The molecule has 2 aliphatic rings. The van der Waals surface area contributed by atoms with E-state index in [2.05, 4.69) is 5.16 Å². The van der Waals surface area contributed by atoms with Crippen LogP contribution in [0, 0.1) is 0 Å². The smallest absolute Gasteiger partial charge is 0.387 e. The predicted octanol–water partition coefficient (Wildman–Crippen LogP) is 5.24. The molecule has 0 N–H and O–H groups in total. The third-order valence-electron chi connectivity index (χ3n) is 6.92. The lowest BCUT2D eigenvalue weighted by molar-refractivity contribution is -0.139. The van der Waals surface area contributed by atoms with Crippen molar-refractivity contribution in [3.8, 4) is 5.75 Å². The number of carbonyl (C=O) groups is 1. The van der Waals surface area contributed by atoms with E-state index in [9.17, 15) is 31.2 Å². The number of piperidine rings is 1. The Kier molecular flexibility index (Phi) is 8.80. The molecule has 0 saturated carbocycles. The van der Waals surface area contributed by atoms with Gasteiger partial charge in [-0.2, -0.15) is 21.6 Å². The highest BCUT2D eigenvalue weighted by atomic mass is 35.5. The maximum atomic E-state index is 13.2. The SMILES string of the molecule is CS(=O)(=O)Oc1cccc(Cl)c1C1CC(c2csc(C3CCN(C(=O)Cn4cc(Cl)cc(C(F)(F)F)c4=O)CC3)n2)=NO1. The van der Waals surface area contributed by atoms with Gasteiger partial charge in [0, 0.05) is 37.0 Å². The fraction of sp³-hybridized carbons (Fsp3) is 0.385. The molecule has 1 fully saturated rings. The van der Waals surface area contributed by atoms with Gasteiger partial charge in [0.1, 0.15) is 17.8 Å². The number of hydrogen-bond acceptors (Lipinski definition) is 9. The minimum Gasteiger partial charge on any atom is -0.387 e. The number of benzene rings is 1. The molecule has 0 spiro atoms. The highest BCUT2D eigenvalue weighted by Gasteiger charge is 2.36. The van der Waals surface area contributed by atoms with E-state index in [4.69, 9.17) is 37.2 Å². The average molecular weight is 680 g/mol. The molecular weight excluding hydrogens is 656 g/mol. The van der Waals surface area contributed by atoms with Gasteiger partial charge in [0.05, 0.1) is 32.6 Å². The van der Waals surface area contributed by atoms with E-state index in [0.29, 0.717) is 53.5 Å². The summed E-state index contributed by atoms with van der Waals surface area (Å²) in [5, 5.41) is 6.78. The number of nitrogens with zero attached hydrogens (tertiary/aromatic N) is 4. The molecule has 0 aliphatic carbocycles. The van der Waals surface area contributed by atoms with Gasteiger partial charge in [-0.3, -0.25) is 9.59 Å². The normalized spacial score (nSPS) is 18.0. The van der Waals surface area contributed by atoms with Crippen LogP contribution in [0.5, 0.6) is 5.75 Å². The van der Waals surface area contributed by atoms with Crippen LogP contribution in [0.1, 0.15) is 53.1 Å². The predicted molar refractivity (Wildman–Crippen MR) is 153 cm³/mol. The molecule has 1 aromatic carbocycles. The van der Waals surface area contributed by atoms with Crippen molar-refractivity contribution in [1.29, 1.82) is 0 Å². The number of alkyl halides is 3. The molecule has 230 valence electrons. The number of hydrogen-bond donors (Lipinski definition) is 0. The van der Waals surface area contributed by atoms with Crippen molar-refractivity contribution in [2.24, 2.45) is 5.16 Å². The Bertz CT molecular complexity index is 1750. The van der Waals surface area contributed by atoms with Gasteiger partial charge in [-0.1, -0.05) is 34.4 Å². The largest absolute Gasteiger partial charge is 0.421 e. The Morgan fingerprint density at radius 1 is 1.23 bits per heavy atom. The van der Waals surface area contributed by atoms with E-state index in [-0.39, 0.29) is 28.1 Å². The first kappa shape index (κ1) is 31.3. The van der Waals surface area contributed by atoms with E-state index in [1.54, 1.807) is 12.1 Å². The fourth-order valence-electron chi connectivity index (χ4n) is 4.90. The van der Waals surface area contributed by atoms with Gasteiger partial charge >= 0.3 is 16.3 Å². The summed E-state index contributed by atoms with van der Waals surface area (Å²) < 4.78 is 68.7. The summed E-state index contributed by atoms with van der Waals surface area (Å²) in [6.07, 6.45) is -2.22. The van der Waals surface area contributed by atoms with Crippen molar-refractivity contribution in [3.05, 3.63) is 78.1 Å². The van der Waals surface area contributed by atoms with Crippen LogP contribution < -0.4 is 9.74 Å². The van der Waals surface area contributed by atoms with Crippen molar-refractivity contribution in [1.82, 2.24) is 14.5 Å². The summed E-state index contributed by atoms with van der Waals surface area (Å²) in [6, 6.07) is 5.19. The van der Waals surface area contributed by atoms with Crippen molar-refractivity contribution < 1.29 is 35.4 Å². The van der Waals surface area contributed by atoms with Crippen LogP contribution in [-0.4, -0.2) is 53.8 Å². The second kappa shape index (κ2) is 12.1. The van der Waals surface area contributed by atoms with Gasteiger partial charge < -0.3 is 18.5 Å². The monoisotopic (exact) mass is 678 g/mol. The van der Waals surface area contributed by atoms with Gasteiger partial charge in [0.25, 0.3) is 5.56 Å². The van der Waals surface area contributed by atoms with Crippen LogP contribution in [-0.2, 0) is 32.5 Å². The number of rotatable bonds is 7. The van der Waals surface area contributed by atoms with E-state index >= 15 is 0 Å². The molecule has 2 aromatic heterocycles. The lowest BCUT2D eigenvalue weighted by Gasteiger charge is -2.31. The molecule has 1 atom stereocenters. The first-order chi connectivity index (χ1) is 20.2. The molecule has 1 saturated heterocycles. The Morgan fingerprint density at radius 3 is 2.63 bits per heavy atom. The summed E-state index contributed by atoms with van der Waals surface area (Å²) >= 11 is 13.5. The maximum Gasteiger partial charge on any atom is 0.421 e. The number of oxime groups is 1. The van der Waals surface area contributed by atoms with Crippen LogP contribution in [0.2, 0.25) is 10.0 Å². The number of pyridine rings is 1. The molecule has 2 aliphatic heterocycles. The summed E-state index contributed by atoms with van der Waals surface area (Å²) in [5.41, 5.74) is -1.25. The van der Waals surface area contributed by atoms with E-state index in [1.165, 1.54) is 22.3 Å². The quantitative estimate of drug-likeness (QED) is 0.314. The minimum atomic E-state index is -4.89. The van der Waals surface area contributed by atoms with Crippen LogP contribution in [0.4, 0.5) is 13.2 Å². The Morgan fingerprint density at radius 2 is 1.95 bits per heavy atom. The van der Waals surface area contributed by atoms with Crippen molar-refractivity contribution in [2.75, 3.05) is 19.3 Å². The molecule has 0 radical (unpaired) electrons. The number of aromatic nitrogens is 2. The second-order valence-electron chi connectivity index (χ2n) is 10.0. The van der Waals surface area contributed by atoms with Gasteiger partial charge in [-0.25, -0.2) is 4.98 Å². The highest BCUT2D eigenvalue weighted by molar-refractivity contribution is 7.86. The maximum absolute atomic E-state index is 13.2. The number of carbonyl (C=O) groups excluding carboxylic acids is 1. The first-order valence-electron chi connectivity index (χ1n) is 12.8. The number of thiazole rings is 1. The van der Waals surface area contributed by atoms with Gasteiger partial charge in [-0.05, 0) is 31.0 Å². The van der Waals surface area contributed by atoms with Gasteiger partial charge in [0.2, 0.25) is 5.91 Å². The van der Waals surface area contributed by atoms with E-state index in [0.717, 1.165) is 17.5 Å². The zero-order chi connectivity index (χ0) is 31.1. The van der Waals surface area contributed by atoms with Crippen molar-refractivity contribution in [2.45, 2.75) is 44.0 Å². The molecule has 43 heavy (non-hydrogen) atoms. The number of halogens is 5. The molecule has 1 unspecified atom stereocenters. The number of likely N-dealkylation sites (tertiary alicyclic amines) is 1. The van der Waals surface area contributed by atoms with Crippen molar-refractivity contribution >= 4 is 56.3 Å². The van der Waals surface area contributed by atoms with Gasteiger partial charge in [0.15, 0.2) is 11.9 Å². The molecule has 5 rings (SSSR count). The van der Waals surface area contributed by atoms with Crippen LogP contribution in [0.15, 0.2) is 45.8 Å². The summed E-state index contributed by atoms with van der Waals surface area (Å²) in [5.74, 6) is -0.401. The van der Waals surface area contributed by atoms with Crippen LogP contribution >= 0.6 is 34.5 Å². The first-order valence-corrected chi connectivity index (χ1v) is 16.3. The zero-order valence-electron chi connectivity index (χ0n) is 22.3. The van der Waals surface area contributed by atoms with Crippen LogP contribution in [0.3, 0.4) is 0 Å². The number of amides is 1. The molecule has 3 aromatic rings. The Labute approximate surface area is 257 Å². The molecule has 0 bridgehead atoms. The Balaban J connectivity index is 1.20. The van der Waals surface area contributed by atoms with E-state index in [1.807, 2.05) is 5.38 Å². The average Bonchev–Trinajstić information content (AvgIpc) is 3.59. The lowest BCUT2D eigenvalue weighted by Crippen LogP contribution is -2.41. The highest BCUT2D eigenvalue weighted by Crippen LogP contribution is 2.40. The van der Waals surface area contributed by atoms with E-state index < -0.39 is 46.0 Å². The molecule has 1 amide bonds. The van der Waals surface area contributed by atoms with Gasteiger partial charge in [-0.15, -0.1) is 11.3 Å². The topological polar surface area (TPSA) is 120 Å². The molecule has 17 heteroatoms. The standard InChI is InChI=1S/C26H23Cl2F3N4O6S2/c1-43(38,39)41-20-4-2-3-17(28)23(20)21-10-18(33-40-21)19-13-42-24(32-19)14-5-7-34(8-6-14)22(36)12-35-11-15(27)9-16(25(35)37)26(29,30)31/h2-4,9,11,13-14,21H,5-8,10,12H2,1H3. The third-order valence-corrected chi connectivity index (χ3v) is 8.95. The van der Waals surface area contributed by atoms with Crippen LogP contribution in [0.25, 0.3) is 0 Å². The molecule has 4 heterocycles. The zero-order valence-corrected chi connectivity index (χ0v) is 25.5. The fourth-order valence-corrected chi connectivity index (χ4v) is 6.88. The minimum absolute atomic E-state index is 0.0329. The molecule has 10 nitrogen and oxygen atoms in total. The summed E-state index contributed by atoms with van der Waals surface area (Å²) in [7, 11) is -3.81. The lowest BCUT2D eigenvalue weighted by atomic mass is 9.97.